The van der Waals surface area contributed by atoms with E-state index < -0.39 is 0 Å². The van der Waals surface area contributed by atoms with Crippen molar-refractivity contribution in [3.8, 4) is 5.95 Å². The van der Waals surface area contributed by atoms with Crippen LogP contribution in [0.2, 0.25) is 0 Å². The number of aromatic amines is 1. The smallest absolute Gasteiger partial charge is 0.261 e. The van der Waals surface area contributed by atoms with Crippen LogP contribution < -0.4 is 5.56 Å². The first-order valence-electron chi connectivity index (χ1n) is 9.00. The number of carbonyl (C=O) groups excluding carboxylic acids is 1. The summed E-state index contributed by atoms with van der Waals surface area (Å²) in [6, 6.07) is 9.95. The van der Waals surface area contributed by atoms with Crippen LogP contribution in [0.3, 0.4) is 0 Å². The van der Waals surface area contributed by atoms with E-state index in [-0.39, 0.29) is 11.5 Å². The zero-order chi connectivity index (χ0) is 19.3. The van der Waals surface area contributed by atoms with E-state index in [2.05, 4.69) is 27.2 Å². The Morgan fingerprint density at radius 1 is 1.21 bits per heavy atom. The molecule has 1 aliphatic heterocycles. The Kier molecular flexibility index (Phi) is 3.87. The predicted molar refractivity (Wildman–Crippen MR) is 107 cm³/mol. The van der Waals surface area contributed by atoms with Gasteiger partial charge in [0.15, 0.2) is 0 Å². The number of nitrogens with zero attached hydrogens (tertiary/aromatic N) is 4. The third kappa shape index (κ3) is 2.65. The number of nitrogens with one attached hydrogen (secondary N) is 1. The lowest BCUT2D eigenvalue weighted by atomic mass is 9.99. The molecule has 140 valence electrons. The molecule has 7 nitrogen and oxygen atoms in total. The van der Waals surface area contributed by atoms with Gasteiger partial charge in [-0.1, -0.05) is 24.3 Å². The molecule has 0 spiro atoms. The van der Waals surface area contributed by atoms with E-state index >= 15 is 0 Å². The molecular formula is C20H17N5O2S. The van der Waals surface area contributed by atoms with Crippen molar-refractivity contribution in [1.82, 2.24) is 24.6 Å². The van der Waals surface area contributed by atoms with Gasteiger partial charge >= 0.3 is 0 Å². The fourth-order valence-corrected chi connectivity index (χ4v) is 4.39. The molecule has 0 bridgehead atoms. The SMILES string of the molecule is Cc1c(C(=O)N2CCc3ccccc3C2)cnn1-c1nc2sccc2c(=O)[nH]1. The van der Waals surface area contributed by atoms with Crippen LogP contribution in [-0.4, -0.2) is 37.1 Å². The van der Waals surface area contributed by atoms with Gasteiger partial charge in [0.05, 0.1) is 22.8 Å². The number of rotatable bonds is 2. The van der Waals surface area contributed by atoms with Gasteiger partial charge in [0.2, 0.25) is 5.95 Å². The maximum absolute atomic E-state index is 13.1. The van der Waals surface area contributed by atoms with Crippen LogP contribution in [0.5, 0.6) is 0 Å². The Balaban J connectivity index is 1.48. The standard InChI is InChI=1S/C20H17N5O2S/c1-12-16(19(27)24-8-6-13-4-2-3-5-14(13)11-24)10-21-25(12)20-22-17(26)15-7-9-28-18(15)23-20/h2-5,7,9-10H,6,8,11H2,1H3,(H,22,23,26). The predicted octanol–water partition coefficient (Wildman–Crippen LogP) is 2.68. The van der Waals surface area contributed by atoms with Crippen LogP contribution in [0, 0.1) is 6.92 Å². The molecule has 1 amide bonds. The third-order valence-electron chi connectivity index (χ3n) is 5.18. The lowest BCUT2D eigenvalue weighted by molar-refractivity contribution is 0.0734. The van der Waals surface area contributed by atoms with Gasteiger partial charge in [-0.25, -0.2) is 9.67 Å². The highest BCUT2D eigenvalue weighted by Gasteiger charge is 2.25. The van der Waals surface area contributed by atoms with E-state index in [1.165, 1.54) is 27.1 Å². The Hall–Kier alpha value is -3.26. The molecule has 4 aromatic rings. The van der Waals surface area contributed by atoms with E-state index in [9.17, 15) is 9.59 Å². The van der Waals surface area contributed by atoms with Crippen LogP contribution in [0.25, 0.3) is 16.2 Å². The van der Waals surface area contributed by atoms with Crippen LogP contribution in [-0.2, 0) is 13.0 Å². The molecule has 0 aliphatic carbocycles. The van der Waals surface area contributed by atoms with Gasteiger partial charge in [0.1, 0.15) is 4.83 Å². The molecule has 5 rings (SSSR count). The molecular weight excluding hydrogens is 374 g/mol. The highest BCUT2D eigenvalue weighted by Crippen LogP contribution is 2.22. The molecule has 28 heavy (non-hydrogen) atoms. The Morgan fingerprint density at radius 2 is 2.04 bits per heavy atom. The maximum atomic E-state index is 13.1. The maximum Gasteiger partial charge on any atom is 0.261 e. The quantitative estimate of drug-likeness (QED) is 0.569. The molecule has 0 unspecified atom stereocenters. The van der Waals surface area contributed by atoms with Crippen LogP contribution in [0.15, 0.2) is 46.7 Å². The fraction of sp³-hybridized carbons (Fsp3) is 0.200. The molecule has 3 aromatic heterocycles. The first kappa shape index (κ1) is 16.9. The number of hydrogen-bond donors (Lipinski definition) is 1. The van der Waals surface area contributed by atoms with Gasteiger partial charge in [0.25, 0.3) is 11.5 Å². The van der Waals surface area contributed by atoms with Crippen molar-refractivity contribution in [2.45, 2.75) is 19.9 Å². The Bertz CT molecular complexity index is 1270. The molecule has 1 aromatic carbocycles. The van der Waals surface area contributed by atoms with Gasteiger partial charge in [0, 0.05) is 13.1 Å². The Morgan fingerprint density at radius 3 is 2.89 bits per heavy atom. The second-order valence-electron chi connectivity index (χ2n) is 6.83. The molecule has 4 heterocycles. The minimum absolute atomic E-state index is 0.0576. The van der Waals surface area contributed by atoms with Crippen molar-refractivity contribution in [2.75, 3.05) is 6.54 Å². The molecule has 8 heteroatoms. The number of H-pyrrole nitrogens is 1. The van der Waals surface area contributed by atoms with Gasteiger partial charge in [-0.3, -0.25) is 14.6 Å². The first-order valence-corrected chi connectivity index (χ1v) is 9.88. The van der Waals surface area contributed by atoms with E-state index in [0.29, 0.717) is 40.5 Å². The number of aromatic nitrogens is 4. The van der Waals surface area contributed by atoms with Crippen molar-refractivity contribution >= 4 is 27.5 Å². The second-order valence-corrected chi connectivity index (χ2v) is 7.72. The van der Waals surface area contributed by atoms with Gasteiger partial charge < -0.3 is 4.90 Å². The Labute approximate surface area is 164 Å². The summed E-state index contributed by atoms with van der Waals surface area (Å²) in [7, 11) is 0. The van der Waals surface area contributed by atoms with E-state index in [1.54, 1.807) is 12.3 Å². The molecule has 1 N–H and O–H groups in total. The summed E-state index contributed by atoms with van der Waals surface area (Å²) in [6.07, 6.45) is 2.40. The number of amides is 1. The van der Waals surface area contributed by atoms with Gasteiger partial charge in [-0.05, 0) is 35.9 Å². The zero-order valence-corrected chi connectivity index (χ0v) is 16.0. The molecule has 0 radical (unpaired) electrons. The van der Waals surface area contributed by atoms with Crippen LogP contribution >= 0.6 is 11.3 Å². The number of fused-ring (bicyclic) bond motifs is 2. The third-order valence-corrected chi connectivity index (χ3v) is 5.99. The van der Waals surface area contributed by atoms with E-state index in [1.807, 2.05) is 29.3 Å². The van der Waals surface area contributed by atoms with Crippen molar-refractivity contribution < 1.29 is 4.79 Å². The average Bonchev–Trinajstić information content (AvgIpc) is 3.34. The second kappa shape index (κ2) is 6.42. The minimum atomic E-state index is -0.211. The highest BCUT2D eigenvalue weighted by atomic mass is 32.1. The largest absolute Gasteiger partial charge is 0.334 e. The highest BCUT2D eigenvalue weighted by molar-refractivity contribution is 7.16. The topological polar surface area (TPSA) is 83.9 Å². The summed E-state index contributed by atoms with van der Waals surface area (Å²) in [4.78, 5) is 35.1. The van der Waals surface area contributed by atoms with Crippen molar-refractivity contribution in [3.63, 3.8) is 0 Å². The number of benzene rings is 1. The summed E-state index contributed by atoms with van der Waals surface area (Å²) in [5.74, 6) is 0.262. The summed E-state index contributed by atoms with van der Waals surface area (Å²) in [5, 5.41) is 6.71. The zero-order valence-electron chi connectivity index (χ0n) is 15.2. The summed E-state index contributed by atoms with van der Waals surface area (Å²) < 4.78 is 1.52. The molecule has 1 aliphatic rings. The molecule has 0 saturated heterocycles. The van der Waals surface area contributed by atoms with Crippen molar-refractivity contribution in [1.29, 1.82) is 0 Å². The van der Waals surface area contributed by atoms with Crippen LogP contribution in [0.1, 0.15) is 27.2 Å². The first-order chi connectivity index (χ1) is 13.6. The van der Waals surface area contributed by atoms with Crippen LogP contribution in [0.4, 0.5) is 0 Å². The number of hydrogen-bond acceptors (Lipinski definition) is 5. The molecule has 0 atom stereocenters. The van der Waals surface area contributed by atoms with E-state index in [4.69, 9.17) is 0 Å². The fourth-order valence-electron chi connectivity index (χ4n) is 3.63. The van der Waals surface area contributed by atoms with Gasteiger partial charge in [-0.2, -0.15) is 5.10 Å². The van der Waals surface area contributed by atoms with Crippen molar-refractivity contribution in [3.05, 3.63) is 74.6 Å². The summed E-state index contributed by atoms with van der Waals surface area (Å²) >= 11 is 1.40. The van der Waals surface area contributed by atoms with E-state index in [0.717, 1.165) is 6.42 Å². The minimum Gasteiger partial charge on any atom is -0.334 e. The molecule has 0 saturated carbocycles. The normalized spacial score (nSPS) is 13.7. The number of carbonyl (C=O) groups is 1. The average molecular weight is 391 g/mol. The monoisotopic (exact) mass is 391 g/mol. The number of thiophene rings is 1. The van der Waals surface area contributed by atoms with Gasteiger partial charge in [-0.15, -0.1) is 11.3 Å². The van der Waals surface area contributed by atoms with Crippen molar-refractivity contribution in [2.24, 2.45) is 0 Å². The lowest BCUT2D eigenvalue weighted by Crippen LogP contribution is -2.36. The summed E-state index contributed by atoms with van der Waals surface area (Å²) in [6.45, 7) is 3.09. The summed E-state index contributed by atoms with van der Waals surface area (Å²) in [5.41, 5.74) is 3.44. The molecule has 0 fully saturated rings. The lowest BCUT2D eigenvalue weighted by Gasteiger charge is -2.28.